The third-order valence-electron chi connectivity index (χ3n) is 12.4. The van der Waals surface area contributed by atoms with Crippen molar-refractivity contribution in [1.82, 2.24) is 0 Å². The zero-order valence-electron chi connectivity index (χ0n) is 23.8. The molecule has 14 atom stereocenters. The molecule has 1 saturated heterocycles. The SMILES string of the molecule is CC1CC(N)C(O)C(O)C(OC2CCC3(C)C(CCC4C5CCC(C6=CC(=O)OC6)C(C)(CCC43)C5O)C2)O1. The quantitative estimate of drug-likeness (QED) is 0.397. The minimum absolute atomic E-state index is 0.0164. The van der Waals surface area contributed by atoms with Gasteiger partial charge in [0.2, 0.25) is 0 Å². The molecule has 4 aliphatic carbocycles. The lowest BCUT2D eigenvalue weighted by Crippen LogP contribution is -2.53. The van der Waals surface area contributed by atoms with Crippen molar-refractivity contribution in [3.05, 3.63) is 11.6 Å². The number of nitrogens with two attached hydrogens (primary N) is 1. The summed E-state index contributed by atoms with van der Waals surface area (Å²) in [7, 11) is 0. The summed E-state index contributed by atoms with van der Waals surface area (Å²) in [4.78, 5) is 11.9. The fraction of sp³-hybridized carbons (Fsp3) is 0.903. The molecule has 0 aromatic carbocycles. The first-order chi connectivity index (χ1) is 18.5. The van der Waals surface area contributed by atoms with E-state index in [4.69, 9.17) is 19.9 Å². The molecule has 2 bridgehead atoms. The normalized spacial score (nSPS) is 54.0. The maximum absolute atomic E-state index is 11.9. The fourth-order valence-corrected chi connectivity index (χ4v) is 10.2. The van der Waals surface area contributed by atoms with Crippen LogP contribution in [0.3, 0.4) is 0 Å². The second-order valence-electron chi connectivity index (χ2n) is 14.4. The van der Waals surface area contributed by atoms with Crippen LogP contribution in [-0.2, 0) is 19.0 Å². The summed E-state index contributed by atoms with van der Waals surface area (Å²) >= 11 is 0. The molecule has 0 aromatic heterocycles. The van der Waals surface area contributed by atoms with Crippen LogP contribution in [0.15, 0.2) is 11.6 Å². The highest BCUT2D eigenvalue weighted by molar-refractivity contribution is 5.85. The Bertz CT molecular complexity index is 973. The molecule has 8 heteroatoms. The van der Waals surface area contributed by atoms with E-state index in [9.17, 15) is 20.1 Å². The molecule has 2 heterocycles. The Morgan fingerprint density at radius 3 is 2.44 bits per heavy atom. The van der Waals surface area contributed by atoms with Gasteiger partial charge in [-0.25, -0.2) is 4.79 Å². The smallest absolute Gasteiger partial charge is 0.331 e. The van der Waals surface area contributed by atoms with Crippen molar-refractivity contribution < 1.29 is 34.3 Å². The van der Waals surface area contributed by atoms with E-state index in [0.29, 0.717) is 36.7 Å². The van der Waals surface area contributed by atoms with Crippen LogP contribution in [0.5, 0.6) is 0 Å². The number of aliphatic hydroxyl groups excluding tert-OH is 3. The summed E-state index contributed by atoms with van der Waals surface area (Å²) < 4.78 is 17.6. The Hall–Kier alpha value is -1.03. The number of carbonyl (C=O) groups is 1. The van der Waals surface area contributed by atoms with Crippen molar-refractivity contribution in [1.29, 1.82) is 0 Å². The number of carbonyl (C=O) groups excluding carboxylic acids is 1. The molecular formula is C31H49NO7. The van der Waals surface area contributed by atoms with Gasteiger partial charge in [0, 0.05) is 17.5 Å². The van der Waals surface area contributed by atoms with E-state index in [1.165, 1.54) is 0 Å². The zero-order valence-corrected chi connectivity index (χ0v) is 23.8. The Balaban J connectivity index is 1.17. The van der Waals surface area contributed by atoms with E-state index in [2.05, 4.69) is 13.8 Å². The summed E-state index contributed by atoms with van der Waals surface area (Å²) in [5.41, 5.74) is 7.10. The third-order valence-corrected chi connectivity index (χ3v) is 12.4. The minimum atomic E-state index is -1.15. The monoisotopic (exact) mass is 547 g/mol. The van der Waals surface area contributed by atoms with Crippen LogP contribution in [0, 0.1) is 40.4 Å². The van der Waals surface area contributed by atoms with Crippen LogP contribution in [0.2, 0.25) is 0 Å². The Labute approximate surface area is 232 Å². The van der Waals surface area contributed by atoms with E-state index in [0.717, 1.165) is 63.4 Å². The van der Waals surface area contributed by atoms with Crippen LogP contribution in [-0.4, -0.2) is 70.7 Å². The van der Waals surface area contributed by atoms with Crippen LogP contribution in [0.1, 0.15) is 85.0 Å². The molecule has 0 spiro atoms. The van der Waals surface area contributed by atoms with Gasteiger partial charge in [-0.3, -0.25) is 0 Å². The second-order valence-corrected chi connectivity index (χ2v) is 14.4. The predicted octanol–water partition coefficient (Wildman–Crippen LogP) is 3.06. The van der Waals surface area contributed by atoms with Crippen LogP contribution < -0.4 is 5.73 Å². The standard InChI is InChI=1S/C31H49NO7/c1-16-12-24(32)26(34)27(35)29(38-16)39-19-8-10-30(2)18(14-19)4-5-20-21-6-7-22(17-13-25(33)37-15-17)31(3,28(21)36)11-9-23(20)30/h13,16,18-24,26-29,34-36H,4-12,14-15,32H2,1-3H3. The highest BCUT2D eigenvalue weighted by Gasteiger charge is 2.60. The van der Waals surface area contributed by atoms with Gasteiger partial charge in [0.15, 0.2) is 6.29 Å². The second kappa shape index (κ2) is 10.4. The van der Waals surface area contributed by atoms with Crippen molar-refractivity contribution >= 4 is 5.97 Å². The van der Waals surface area contributed by atoms with Gasteiger partial charge >= 0.3 is 5.97 Å². The molecule has 0 aromatic rings. The van der Waals surface area contributed by atoms with Gasteiger partial charge in [0.25, 0.3) is 0 Å². The zero-order chi connectivity index (χ0) is 27.7. The van der Waals surface area contributed by atoms with Crippen LogP contribution >= 0.6 is 0 Å². The van der Waals surface area contributed by atoms with E-state index in [1.54, 1.807) is 6.08 Å². The lowest BCUT2D eigenvalue weighted by molar-refractivity contribution is -0.250. The van der Waals surface area contributed by atoms with Gasteiger partial charge < -0.3 is 35.3 Å². The maximum Gasteiger partial charge on any atom is 0.331 e. The molecule has 5 N–H and O–H groups in total. The largest absolute Gasteiger partial charge is 0.458 e. The van der Waals surface area contributed by atoms with Gasteiger partial charge in [-0.2, -0.15) is 0 Å². The molecule has 2 aliphatic heterocycles. The Morgan fingerprint density at radius 2 is 1.69 bits per heavy atom. The van der Waals surface area contributed by atoms with Gasteiger partial charge in [-0.05, 0) is 112 Å². The first-order valence-corrected chi connectivity index (χ1v) is 15.5. The highest BCUT2D eigenvalue weighted by atomic mass is 16.7. The molecule has 0 amide bonds. The first-order valence-electron chi connectivity index (χ1n) is 15.5. The van der Waals surface area contributed by atoms with Gasteiger partial charge in [-0.15, -0.1) is 0 Å². The molecule has 6 rings (SSSR count). The first kappa shape index (κ1) is 28.1. The summed E-state index contributed by atoms with van der Waals surface area (Å²) in [5, 5.41) is 33.0. The van der Waals surface area contributed by atoms with Gasteiger partial charge in [-0.1, -0.05) is 13.8 Å². The van der Waals surface area contributed by atoms with Crippen molar-refractivity contribution in [2.45, 2.75) is 128 Å². The molecule has 5 fully saturated rings. The van der Waals surface area contributed by atoms with E-state index < -0.39 is 24.5 Å². The van der Waals surface area contributed by atoms with E-state index in [-0.39, 0.29) is 41.0 Å². The molecule has 8 nitrogen and oxygen atoms in total. The summed E-state index contributed by atoms with van der Waals surface area (Å²) in [6.07, 6.45) is 7.82. The van der Waals surface area contributed by atoms with Crippen molar-refractivity contribution in [2.24, 2.45) is 46.2 Å². The fourth-order valence-electron chi connectivity index (χ4n) is 10.2. The van der Waals surface area contributed by atoms with E-state index in [1.807, 2.05) is 6.92 Å². The highest BCUT2D eigenvalue weighted by Crippen LogP contribution is 2.65. The number of rotatable bonds is 3. The Kier molecular flexibility index (Phi) is 7.46. The van der Waals surface area contributed by atoms with Crippen LogP contribution in [0.4, 0.5) is 0 Å². The van der Waals surface area contributed by atoms with Gasteiger partial charge in [0.1, 0.15) is 18.8 Å². The minimum Gasteiger partial charge on any atom is -0.458 e. The summed E-state index contributed by atoms with van der Waals surface area (Å²) in [5.74, 6) is 1.89. The number of aliphatic hydroxyl groups is 3. The van der Waals surface area contributed by atoms with Crippen molar-refractivity contribution in [3.63, 3.8) is 0 Å². The Morgan fingerprint density at radius 1 is 0.949 bits per heavy atom. The maximum atomic E-state index is 11.9. The summed E-state index contributed by atoms with van der Waals surface area (Å²) in [6, 6.07) is -0.530. The number of fused-ring (bicyclic) bond motifs is 6. The average molecular weight is 548 g/mol. The van der Waals surface area contributed by atoms with E-state index >= 15 is 0 Å². The molecule has 220 valence electrons. The lowest BCUT2D eigenvalue weighted by atomic mass is 9.49. The number of cyclic esters (lactones) is 1. The van der Waals surface area contributed by atoms with Crippen LogP contribution in [0.25, 0.3) is 0 Å². The molecule has 6 aliphatic rings. The van der Waals surface area contributed by atoms with Crippen molar-refractivity contribution in [2.75, 3.05) is 6.61 Å². The number of hydrogen-bond donors (Lipinski definition) is 4. The lowest BCUT2D eigenvalue weighted by Gasteiger charge is -2.57. The average Bonchev–Trinajstić information content (AvgIpc) is 3.27. The number of hydrogen-bond acceptors (Lipinski definition) is 8. The molecule has 0 radical (unpaired) electrons. The molecule has 14 unspecified atom stereocenters. The topological polar surface area (TPSA) is 131 Å². The molecule has 39 heavy (non-hydrogen) atoms. The number of esters is 1. The molecular weight excluding hydrogens is 498 g/mol. The number of ether oxygens (including phenoxy) is 3. The summed E-state index contributed by atoms with van der Waals surface area (Å²) in [6.45, 7) is 7.04. The van der Waals surface area contributed by atoms with Gasteiger partial charge in [0.05, 0.1) is 18.3 Å². The predicted molar refractivity (Wildman–Crippen MR) is 144 cm³/mol. The van der Waals surface area contributed by atoms with Crippen molar-refractivity contribution in [3.8, 4) is 0 Å². The molecule has 4 saturated carbocycles. The third kappa shape index (κ3) is 4.71.